The fourth-order valence-electron chi connectivity index (χ4n) is 2.49. The van der Waals surface area contributed by atoms with Gasteiger partial charge in [-0.25, -0.2) is 0 Å². The number of rotatable bonds is 7. The second kappa shape index (κ2) is 8.91. The van der Waals surface area contributed by atoms with Gasteiger partial charge < -0.3 is 0 Å². The Morgan fingerprint density at radius 3 is 1.39 bits per heavy atom. The first-order valence-corrected chi connectivity index (χ1v) is 11.1. The van der Waals surface area contributed by atoms with Gasteiger partial charge in [0.15, 0.2) is 0 Å². The minimum Gasteiger partial charge on any atom is -0.282 e. The van der Waals surface area contributed by atoms with Crippen molar-refractivity contribution in [1.29, 1.82) is 0 Å². The smallest absolute Gasteiger partial charge is 0.282 e. The fraction of sp³-hybridized carbons (Fsp3) is 0.125. The second-order valence-corrected chi connectivity index (χ2v) is 8.59. The van der Waals surface area contributed by atoms with E-state index in [9.17, 15) is 25.9 Å². The maximum atomic E-state index is 11.7. The highest BCUT2D eigenvalue weighted by molar-refractivity contribution is 7.86. The molecular weight excluding hydrogens is 444 g/mol. The third-order valence-electron chi connectivity index (χ3n) is 3.67. The molecule has 0 saturated heterocycles. The van der Waals surface area contributed by atoms with Crippen molar-refractivity contribution in [1.82, 2.24) is 0 Å². The third-order valence-corrected chi connectivity index (χ3v) is 5.72. The highest BCUT2D eigenvalue weighted by Crippen LogP contribution is 2.27. The number of thiocarbonyl (C=S) groups is 2. The molecule has 0 bridgehead atoms. The maximum absolute atomic E-state index is 11.7. The van der Waals surface area contributed by atoms with Crippen LogP contribution in [0.4, 0.5) is 11.4 Å². The molecule has 0 atom stereocenters. The van der Waals surface area contributed by atoms with E-state index in [0.717, 1.165) is 12.1 Å². The largest absolute Gasteiger partial charge is 0.294 e. The van der Waals surface area contributed by atoms with Gasteiger partial charge in [-0.1, -0.05) is 12.1 Å². The Labute approximate surface area is 172 Å². The molecule has 0 aromatic heterocycles. The van der Waals surface area contributed by atoms with E-state index in [1.54, 1.807) is 0 Å². The molecule has 2 N–H and O–H groups in total. The van der Waals surface area contributed by atoms with Gasteiger partial charge in [-0.2, -0.15) is 26.8 Å². The number of nitrogens with zero attached hydrogens (tertiary/aromatic N) is 2. The molecule has 0 heterocycles. The molecule has 146 valence electrons. The van der Waals surface area contributed by atoms with Crippen molar-refractivity contribution in [3.05, 3.63) is 47.5 Å². The monoisotopic (exact) mass is 456 g/mol. The van der Waals surface area contributed by atoms with Crippen LogP contribution in [0.15, 0.2) is 56.2 Å². The number of isothiocyanates is 2. The van der Waals surface area contributed by atoms with Crippen molar-refractivity contribution in [3.63, 3.8) is 0 Å². The van der Waals surface area contributed by atoms with Gasteiger partial charge in [0.1, 0.15) is 0 Å². The van der Waals surface area contributed by atoms with Crippen molar-refractivity contribution < 1.29 is 25.9 Å². The van der Waals surface area contributed by atoms with Crippen molar-refractivity contribution in [2.45, 2.75) is 22.6 Å². The topological polar surface area (TPSA) is 133 Å². The number of aryl methyl sites for hydroxylation is 2. The van der Waals surface area contributed by atoms with Crippen LogP contribution in [-0.2, 0) is 33.1 Å². The number of benzene rings is 2. The van der Waals surface area contributed by atoms with Crippen molar-refractivity contribution >= 4 is 66.4 Å². The molecule has 0 saturated carbocycles. The minimum absolute atomic E-state index is 0.0506. The number of hydrogen-bond acceptors (Lipinski definition) is 8. The van der Waals surface area contributed by atoms with E-state index in [0.29, 0.717) is 0 Å². The van der Waals surface area contributed by atoms with Gasteiger partial charge in [-0.15, -0.1) is 0 Å². The average molecular weight is 457 g/mol. The predicted octanol–water partition coefficient (Wildman–Crippen LogP) is 3.43. The Morgan fingerprint density at radius 2 is 1.11 bits per heavy atom. The Hall–Kier alpha value is -2.14. The van der Waals surface area contributed by atoms with Crippen LogP contribution in [0, 0.1) is 0 Å². The molecule has 2 aromatic carbocycles. The zero-order valence-electron chi connectivity index (χ0n) is 13.9. The second-order valence-electron chi connectivity index (χ2n) is 5.44. The molecule has 28 heavy (non-hydrogen) atoms. The molecule has 0 aliphatic carbocycles. The first kappa shape index (κ1) is 22.2. The standard InChI is InChI=1S/C16H12N2O6S4/c19-27(20,21)15-7-13(17-9-25)5-3-11(15)1-2-12-4-6-14(18-10-26)8-16(12)28(22,23)24/h3-8H,1-2H2,(H,19,20,21)(H,22,23,24). The Kier molecular flexibility index (Phi) is 7.05. The normalized spacial score (nSPS) is 11.4. The maximum Gasteiger partial charge on any atom is 0.294 e. The lowest BCUT2D eigenvalue weighted by atomic mass is 10.0. The van der Waals surface area contributed by atoms with E-state index in [-0.39, 0.29) is 45.1 Å². The molecule has 0 amide bonds. The van der Waals surface area contributed by atoms with Gasteiger partial charge in [0, 0.05) is 0 Å². The number of hydrogen-bond donors (Lipinski definition) is 2. The first-order valence-electron chi connectivity index (χ1n) is 7.43. The van der Waals surface area contributed by atoms with Crippen LogP contribution >= 0.6 is 24.4 Å². The lowest BCUT2D eigenvalue weighted by Gasteiger charge is -2.11. The van der Waals surface area contributed by atoms with Crippen molar-refractivity contribution in [2.24, 2.45) is 9.98 Å². The number of aliphatic imine (C=N–C) groups is 2. The minimum atomic E-state index is -4.56. The van der Waals surface area contributed by atoms with Gasteiger partial charge in [-0.05, 0) is 72.7 Å². The van der Waals surface area contributed by atoms with E-state index in [1.807, 2.05) is 0 Å². The summed E-state index contributed by atoms with van der Waals surface area (Å²) < 4.78 is 65.6. The Morgan fingerprint density at radius 1 is 0.750 bits per heavy atom. The summed E-state index contributed by atoms with van der Waals surface area (Å²) in [6.45, 7) is 0. The van der Waals surface area contributed by atoms with Crippen LogP contribution in [0.25, 0.3) is 0 Å². The molecular formula is C16H12N2O6S4. The van der Waals surface area contributed by atoms with Crippen LogP contribution < -0.4 is 0 Å². The average Bonchev–Trinajstić information content (AvgIpc) is 2.60. The summed E-state index contributed by atoms with van der Waals surface area (Å²) in [5, 5.41) is 4.19. The van der Waals surface area contributed by atoms with Crippen LogP contribution in [0.2, 0.25) is 0 Å². The molecule has 2 rings (SSSR count). The molecule has 12 heteroatoms. The zero-order chi connectivity index (χ0) is 20.9. The van der Waals surface area contributed by atoms with Gasteiger partial charge in [0.05, 0.1) is 31.5 Å². The Bertz CT molecular complexity index is 1130. The fourth-order valence-corrected chi connectivity index (χ4v) is 4.25. The molecule has 8 nitrogen and oxygen atoms in total. The predicted molar refractivity (Wildman–Crippen MR) is 109 cm³/mol. The van der Waals surface area contributed by atoms with E-state index < -0.39 is 20.2 Å². The van der Waals surface area contributed by atoms with Crippen LogP contribution in [0.3, 0.4) is 0 Å². The highest BCUT2D eigenvalue weighted by Gasteiger charge is 2.19. The van der Waals surface area contributed by atoms with E-state index in [4.69, 9.17) is 0 Å². The van der Waals surface area contributed by atoms with Crippen LogP contribution in [-0.4, -0.2) is 36.3 Å². The van der Waals surface area contributed by atoms with Crippen molar-refractivity contribution in [2.75, 3.05) is 0 Å². The van der Waals surface area contributed by atoms with Crippen LogP contribution in [0.1, 0.15) is 11.1 Å². The molecule has 0 fully saturated rings. The summed E-state index contributed by atoms with van der Waals surface area (Å²) in [5.41, 5.74) is 0.834. The van der Waals surface area contributed by atoms with Crippen molar-refractivity contribution in [3.8, 4) is 0 Å². The molecule has 0 unspecified atom stereocenters. The van der Waals surface area contributed by atoms with E-state index >= 15 is 0 Å². The zero-order valence-corrected chi connectivity index (χ0v) is 17.2. The Balaban J connectivity index is 2.47. The molecule has 0 aliphatic rings. The SMILES string of the molecule is O=S(=O)(O)c1cc(N=C=S)ccc1CCc1ccc(N=C=S)cc1S(=O)(=O)O. The lowest BCUT2D eigenvalue weighted by Crippen LogP contribution is -2.07. The molecule has 0 spiro atoms. The summed E-state index contributed by atoms with van der Waals surface area (Å²) in [4.78, 5) is 6.57. The lowest BCUT2D eigenvalue weighted by molar-refractivity contribution is 0.479. The van der Waals surface area contributed by atoms with Gasteiger partial charge in [0.25, 0.3) is 20.2 Å². The third kappa shape index (κ3) is 5.68. The molecule has 2 aromatic rings. The van der Waals surface area contributed by atoms with E-state index in [2.05, 4.69) is 44.7 Å². The summed E-state index contributed by atoms with van der Waals surface area (Å²) in [6.07, 6.45) is 0.101. The van der Waals surface area contributed by atoms with Crippen LogP contribution in [0.5, 0.6) is 0 Å². The van der Waals surface area contributed by atoms with Gasteiger partial charge in [-0.3, -0.25) is 9.11 Å². The van der Waals surface area contributed by atoms with E-state index in [1.165, 1.54) is 24.3 Å². The summed E-state index contributed by atoms with van der Waals surface area (Å²) in [6, 6.07) is 8.06. The molecule has 0 radical (unpaired) electrons. The highest BCUT2D eigenvalue weighted by atomic mass is 32.2. The van der Waals surface area contributed by atoms with Gasteiger partial charge in [0.2, 0.25) is 0 Å². The summed E-state index contributed by atoms with van der Waals surface area (Å²) in [5.74, 6) is 0. The molecule has 0 aliphatic heterocycles. The first-order chi connectivity index (χ1) is 13.1. The summed E-state index contributed by atoms with van der Waals surface area (Å²) in [7, 11) is -9.11. The van der Waals surface area contributed by atoms with Gasteiger partial charge >= 0.3 is 0 Å². The quantitative estimate of drug-likeness (QED) is 0.368. The summed E-state index contributed by atoms with van der Waals surface area (Å²) >= 11 is 8.94.